The summed E-state index contributed by atoms with van der Waals surface area (Å²) in [6.45, 7) is 0.750. The van der Waals surface area contributed by atoms with Crippen LogP contribution in [-0.4, -0.2) is 26.2 Å². The first-order chi connectivity index (χ1) is 12.2. The minimum atomic E-state index is -0.0179. The van der Waals surface area contributed by atoms with E-state index in [1.807, 2.05) is 54.6 Å². The fraction of sp³-hybridized carbons (Fsp3) is 0.190. The number of anilines is 1. The molecule has 1 heterocycles. The van der Waals surface area contributed by atoms with Crippen molar-refractivity contribution >= 4 is 22.4 Å². The van der Waals surface area contributed by atoms with Crippen molar-refractivity contribution in [1.29, 1.82) is 0 Å². The number of fused-ring (bicyclic) bond motifs is 2. The first kappa shape index (κ1) is 15.5. The van der Waals surface area contributed by atoms with Gasteiger partial charge < -0.3 is 14.4 Å². The van der Waals surface area contributed by atoms with Gasteiger partial charge in [-0.25, -0.2) is 0 Å². The molecule has 0 fully saturated rings. The molecule has 0 saturated heterocycles. The minimum Gasteiger partial charge on any atom is -0.497 e. The molecule has 3 aromatic carbocycles. The van der Waals surface area contributed by atoms with Crippen molar-refractivity contribution in [3.8, 4) is 11.5 Å². The summed E-state index contributed by atoms with van der Waals surface area (Å²) in [4.78, 5) is 14.3. The number of ether oxygens (including phenoxy) is 2. The van der Waals surface area contributed by atoms with Crippen molar-refractivity contribution in [3.63, 3.8) is 0 Å². The largest absolute Gasteiger partial charge is 0.497 e. The Bertz CT molecular complexity index is 935. The van der Waals surface area contributed by atoms with Crippen LogP contribution >= 0.6 is 0 Å². The molecule has 1 aliphatic heterocycles. The van der Waals surface area contributed by atoms with Crippen molar-refractivity contribution in [2.75, 3.05) is 25.2 Å². The van der Waals surface area contributed by atoms with E-state index in [2.05, 4.69) is 6.07 Å². The fourth-order valence-corrected chi connectivity index (χ4v) is 3.24. The molecular formula is C21H19NO3. The minimum absolute atomic E-state index is 0.0179. The highest BCUT2D eigenvalue weighted by atomic mass is 16.5. The van der Waals surface area contributed by atoms with Crippen LogP contribution in [0, 0.1) is 0 Å². The first-order valence-electron chi connectivity index (χ1n) is 8.33. The zero-order chi connectivity index (χ0) is 17.2. The smallest absolute Gasteiger partial charge is 0.264 e. The third kappa shape index (κ3) is 3.03. The van der Waals surface area contributed by atoms with Crippen molar-refractivity contribution in [2.45, 2.75) is 6.42 Å². The van der Waals surface area contributed by atoms with Crippen LogP contribution in [0.5, 0.6) is 11.5 Å². The first-order valence-corrected chi connectivity index (χ1v) is 8.33. The van der Waals surface area contributed by atoms with Crippen molar-refractivity contribution < 1.29 is 14.3 Å². The van der Waals surface area contributed by atoms with Gasteiger partial charge in [-0.15, -0.1) is 0 Å². The number of nitrogens with zero attached hydrogens (tertiary/aromatic N) is 1. The lowest BCUT2D eigenvalue weighted by molar-refractivity contribution is -0.120. The molecule has 0 radical (unpaired) electrons. The lowest BCUT2D eigenvalue weighted by Gasteiger charge is -2.17. The lowest BCUT2D eigenvalue weighted by atomic mass is 10.1. The molecule has 0 N–H and O–H groups in total. The number of amides is 1. The molecular weight excluding hydrogens is 314 g/mol. The van der Waals surface area contributed by atoms with Gasteiger partial charge in [-0.1, -0.05) is 30.3 Å². The molecule has 3 aromatic rings. The topological polar surface area (TPSA) is 38.8 Å². The predicted molar refractivity (Wildman–Crippen MR) is 98.5 cm³/mol. The Morgan fingerprint density at radius 1 is 1.00 bits per heavy atom. The Balaban J connectivity index is 1.48. The summed E-state index contributed by atoms with van der Waals surface area (Å²) >= 11 is 0. The van der Waals surface area contributed by atoms with Crippen molar-refractivity contribution in [3.05, 3.63) is 66.2 Å². The normalized spacial score (nSPS) is 12.9. The number of hydrogen-bond acceptors (Lipinski definition) is 3. The van der Waals surface area contributed by atoms with Gasteiger partial charge in [-0.2, -0.15) is 0 Å². The second kappa shape index (κ2) is 6.48. The number of carbonyl (C=O) groups is 1. The molecule has 4 nitrogen and oxygen atoms in total. The summed E-state index contributed by atoms with van der Waals surface area (Å²) in [6.07, 6.45) is 0.900. The molecule has 0 spiro atoms. The number of benzene rings is 3. The van der Waals surface area contributed by atoms with Crippen LogP contribution in [0.25, 0.3) is 10.8 Å². The van der Waals surface area contributed by atoms with Crippen LogP contribution in [0.2, 0.25) is 0 Å². The van der Waals surface area contributed by atoms with Crippen molar-refractivity contribution in [1.82, 2.24) is 0 Å². The summed E-state index contributed by atoms with van der Waals surface area (Å²) < 4.78 is 11.0. The van der Waals surface area contributed by atoms with E-state index in [0.717, 1.165) is 35.2 Å². The Morgan fingerprint density at radius 2 is 1.76 bits per heavy atom. The number of methoxy groups -OCH3 is 1. The summed E-state index contributed by atoms with van der Waals surface area (Å²) in [6, 6.07) is 19.7. The Hall–Kier alpha value is -3.01. The maximum Gasteiger partial charge on any atom is 0.264 e. The summed E-state index contributed by atoms with van der Waals surface area (Å²) in [5.41, 5.74) is 2.22. The van der Waals surface area contributed by atoms with E-state index in [1.165, 1.54) is 5.56 Å². The van der Waals surface area contributed by atoms with E-state index in [1.54, 1.807) is 12.0 Å². The highest BCUT2D eigenvalue weighted by Crippen LogP contribution is 2.28. The Morgan fingerprint density at radius 3 is 2.60 bits per heavy atom. The van der Waals surface area contributed by atoms with Crippen molar-refractivity contribution in [2.24, 2.45) is 0 Å². The van der Waals surface area contributed by atoms with Gasteiger partial charge in [0.05, 0.1) is 7.11 Å². The lowest BCUT2D eigenvalue weighted by Crippen LogP contribution is -2.33. The van der Waals surface area contributed by atoms with Crippen LogP contribution in [0.3, 0.4) is 0 Å². The SMILES string of the molecule is COc1ccc2ccc(OCC(=O)N3CCc4ccccc43)cc2c1. The molecule has 25 heavy (non-hydrogen) atoms. The van der Waals surface area contributed by atoms with Crippen LogP contribution < -0.4 is 14.4 Å². The molecule has 0 unspecified atom stereocenters. The average Bonchev–Trinajstić information content (AvgIpc) is 3.09. The van der Waals surface area contributed by atoms with Gasteiger partial charge in [0.15, 0.2) is 6.61 Å². The number of para-hydroxylation sites is 1. The standard InChI is InChI=1S/C21H19NO3/c1-24-18-8-6-15-7-9-19(13-17(15)12-18)25-14-21(23)22-11-10-16-4-2-3-5-20(16)22/h2-9,12-13H,10-11,14H2,1H3. The molecule has 0 atom stereocenters. The molecule has 126 valence electrons. The Kier molecular flexibility index (Phi) is 4.02. The summed E-state index contributed by atoms with van der Waals surface area (Å²) in [5, 5.41) is 2.13. The van der Waals surface area contributed by atoms with Gasteiger partial charge >= 0.3 is 0 Å². The number of hydrogen-bond donors (Lipinski definition) is 0. The van der Waals surface area contributed by atoms with Gasteiger partial charge in [-0.05, 0) is 53.1 Å². The highest BCUT2D eigenvalue weighted by Gasteiger charge is 2.24. The van der Waals surface area contributed by atoms with E-state index in [4.69, 9.17) is 9.47 Å². The van der Waals surface area contributed by atoms with Gasteiger partial charge in [-0.3, -0.25) is 4.79 Å². The second-order valence-electron chi connectivity index (χ2n) is 6.09. The molecule has 4 heteroatoms. The molecule has 0 aliphatic carbocycles. The molecule has 1 aliphatic rings. The fourth-order valence-electron chi connectivity index (χ4n) is 3.24. The van der Waals surface area contributed by atoms with Gasteiger partial charge in [0.1, 0.15) is 11.5 Å². The zero-order valence-electron chi connectivity index (χ0n) is 14.1. The third-order valence-electron chi connectivity index (χ3n) is 4.57. The van der Waals surface area contributed by atoms with E-state index < -0.39 is 0 Å². The van der Waals surface area contributed by atoms with Gasteiger partial charge in [0.25, 0.3) is 5.91 Å². The second-order valence-corrected chi connectivity index (χ2v) is 6.09. The summed E-state index contributed by atoms with van der Waals surface area (Å²) in [5.74, 6) is 1.46. The quantitative estimate of drug-likeness (QED) is 0.729. The van der Waals surface area contributed by atoms with E-state index in [9.17, 15) is 4.79 Å². The van der Waals surface area contributed by atoms with Gasteiger partial charge in [0, 0.05) is 12.2 Å². The predicted octanol–water partition coefficient (Wildman–Crippen LogP) is 3.82. The molecule has 4 rings (SSSR count). The Labute approximate surface area is 146 Å². The van der Waals surface area contributed by atoms with E-state index >= 15 is 0 Å². The molecule has 0 aromatic heterocycles. The maximum absolute atomic E-state index is 12.5. The van der Waals surface area contributed by atoms with E-state index in [-0.39, 0.29) is 12.5 Å². The van der Waals surface area contributed by atoms with Gasteiger partial charge in [0.2, 0.25) is 0 Å². The monoisotopic (exact) mass is 333 g/mol. The average molecular weight is 333 g/mol. The highest BCUT2D eigenvalue weighted by molar-refractivity contribution is 5.96. The third-order valence-corrected chi connectivity index (χ3v) is 4.57. The molecule has 1 amide bonds. The van der Waals surface area contributed by atoms with Crippen LogP contribution in [0.1, 0.15) is 5.56 Å². The van der Waals surface area contributed by atoms with Crippen LogP contribution in [0.4, 0.5) is 5.69 Å². The summed E-state index contributed by atoms with van der Waals surface area (Å²) in [7, 11) is 1.65. The maximum atomic E-state index is 12.5. The number of carbonyl (C=O) groups excluding carboxylic acids is 1. The van der Waals surface area contributed by atoms with Crippen LogP contribution in [-0.2, 0) is 11.2 Å². The molecule has 0 saturated carbocycles. The van der Waals surface area contributed by atoms with Crippen LogP contribution in [0.15, 0.2) is 60.7 Å². The number of rotatable bonds is 4. The zero-order valence-corrected chi connectivity index (χ0v) is 14.1. The molecule has 0 bridgehead atoms. The van der Waals surface area contributed by atoms with E-state index in [0.29, 0.717) is 5.75 Å².